The van der Waals surface area contributed by atoms with Crippen molar-refractivity contribution >= 4 is 5.97 Å². The van der Waals surface area contributed by atoms with Crippen molar-refractivity contribution in [3.63, 3.8) is 0 Å². The smallest absolute Gasteiger partial charge is 0.416 e. The first kappa shape index (κ1) is 14.4. The van der Waals surface area contributed by atoms with Crippen LogP contribution in [0.15, 0.2) is 12.1 Å². The number of hydrogen-bond donors (Lipinski definition) is 2. The number of benzene rings is 1. The molecule has 1 aliphatic heterocycles. The molecule has 0 aliphatic carbocycles. The second-order valence-corrected chi connectivity index (χ2v) is 4.18. The molecule has 0 saturated carbocycles. The van der Waals surface area contributed by atoms with Gasteiger partial charge in [0.25, 0.3) is 0 Å². The van der Waals surface area contributed by atoms with E-state index in [1.54, 1.807) is 0 Å². The summed E-state index contributed by atoms with van der Waals surface area (Å²) in [7, 11) is 0. The van der Waals surface area contributed by atoms with Crippen molar-refractivity contribution in [3.05, 3.63) is 23.3 Å². The Labute approximate surface area is 111 Å². The van der Waals surface area contributed by atoms with Crippen LogP contribution >= 0.6 is 0 Å². The number of aliphatic carboxylic acids is 1. The lowest BCUT2D eigenvalue weighted by molar-refractivity contribution is -0.149. The van der Waals surface area contributed by atoms with Crippen molar-refractivity contribution in [1.82, 2.24) is 0 Å². The average Bonchev–Trinajstić information content (AvgIpc) is 2.59. The maximum atomic E-state index is 12.9. The molecule has 110 valence electrons. The molecule has 2 N–H and O–H groups in total. The van der Waals surface area contributed by atoms with Crippen molar-refractivity contribution in [1.29, 1.82) is 0 Å². The Morgan fingerprint density at radius 1 is 1.20 bits per heavy atom. The molecule has 0 radical (unpaired) electrons. The summed E-state index contributed by atoms with van der Waals surface area (Å²) in [6.07, 6.45) is -6.60. The Hall–Kier alpha value is -1.96. The van der Waals surface area contributed by atoms with Crippen LogP contribution in [-0.2, 0) is 11.0 Å². The van der Waals surface area contributed by atoms with Crippen LogP contribution in [-0.4, -0.2) is 29.4 Å². The second-order valence-electron chi connectivity index (χ2n) is 4.18. The summed E-state index contributed by atoms with van der Waals surface area (Å²) in [6.45, 7) is 0.437. The molecule has 0 spiro atoms. The van der Waals surface area contributed by atoms with Gasteiger partial charge in [0.2, 0.25) is 0 Å². The van der Waals surface area contributed by atoms with Gasteiger partial charge in [-0.1, -0.05) is 0 Å². The Balaban J connectivity index is 2.58. The fraction of sp³-hybridized carbons (Fsp3) is 0.417. The van der Waals surface area contributed by atoms with Gasteiger partial charge in [0, 0.05) is 12.0 Å². The number of carboxylic acid groups (broad SMARTS) is 1. The molecule has 20 heavy (non-hydrogen) atoms. The van der Waals surface area contributed by atoms with E-state index < -0.39 is 29.4 Å². The monoisotopic (exact) mass is 292 g/mol. The van der Waals surface area contributed by atoms with Crippen LogP contribution in [0.25, 0.3) is 0 Å². The predicted octanol–water partition coefficient (Wildman–Crippen LogP) is 1.98. The van der Waals surface area contributed by atoms with E-state index in [0.29, 0.717) is 12.5 Å². The number of aliphatic hydroxyl groups excluding tert-OH is 1. The van der Waals surface area contributed by atoms with Crippen molar-refractivity contribution in [2.24, 2.45) is 0 Å². The highest BCUT2D eigenvalue weighted by molar-refractivity contribution is 5.75. The Morgan fingerprint density at radius 3 is 2.25 bits per heavy atom. The standard InChI is InChI=1S/C12H11F3O5/c13-12(14,15)7-5-9-8(19-2-1-3-20-9)4-6(7)10(16)11(17)18/h4-5,10,16H,1-3H2,(H,17,18). The second kappa shape index (κ2) is 5.20. The van der Waals surface area contributed by atoms with Gasteiger partial charge in [0.15, 0.2) is 17.6 Å². The zero-order valence-electron chi connectivity index (χ0n) is 10.1. The van der Waals surface area contributed by atoms with Crippen LogP contribution in [0.1, 0.15) is 23.7 Å². The van der Waals surface area contributed by atoms with Crippen molar-refractivity contribution in [2.45, 2.75) is 18.7 Å². The normalized spacial score (nSPS) is 16.4. The third-order valence-corrected chi connectivity index (χ3v) is 2.75. The lowest BCUT2D eigenvalue weighted by Gasteiger charge is -2.18. The van der Waals surface area contributed by atoms with Crippen LogP contribution < -0.4 is 9.47 Å². The number of fused-ring (bicyclic) bond motifs is 1. The molecule has 0 aromatic heterocycles. The zero-order chi connectivity index (χ0) is 14.9. The lowest BCUT2D eigenvalue weighted by Crippen LogP contribution is -2.18. The third kappa shape index (κ3) is 2.79. The number of rotatable bonds is 2. The maximum Gasteiger partial charge on any atom is 0.416 e. The summed E-state index contributed by atoms with van der Waals surface area (Å²) in [5, 5.41) is 18.1. The number of halogens is 3. The van der Waals surface area contributed by atoms with E-state index in [1.807, 2.05) is 0 Å². The van der Waals surface area contributed by atoms with Gasteiger partial charge in [-0.2, -0.15) is 13.2 Å². The number of alkyl halides is 3. The molecular formula is C12H11F3O5. The molecule has 1 aromatic carbocycles. The third-order valence-electron chi connectivity index (χ3n) is 2.75. The minimum Gasteiger partial charge on any atom is -0.490 e. The van der Waals surface area contributed by atoms with Gasteiger partial charge >= 0.3 is 12.1 Å². The average molecular weight is 292 g/mol. The zero-order valence-corrected chi connectivity index (χ0v) is 10.1. The van der Waals surface area contributed by atoms with Crippen molar-refractivity contribution in [3.8, 4) is 11.5 Å². The maximum absolute atomic E-state index is 12.9. The van der Waals surface area contributed by atoms with Crippen LogP contribution in [0.5, 0.6) is 11.5 Å². The highest BCUT2D eigenvalue weighted by Gasteiger charge is 2.38. The molecule has 0 amide bonds. The molecule has 5 nitrogen and oxygen atoms in total. The van der Waals surface area contributed by atoms with Gasteiger partial charge in [0.05, 0.1) is 18.8 Å². The first-order valence-electron chi connectivity index (χ1n) is 5.72. The molecule has 0 fully saturated rings. The van der Waals surface area contributed by atoms with Crippen LogP contribution in [0.4, 0.5) is 13.2 Å². The van der Waals surface area contributed by atoms with Crippen LogP contribution in [0, 0.1) is 0 Å². The highest BCUT2D eigenvalue weighted by atomic mass is 19.4. The summed E-state index contributed by atoms with van der Waals surface area (Å²) in [5.74, 6) is -1.90. The fourth-order valence-corrected chi connectivity index (χ4v) is 1.83. The van der Waals surface area contributed by atoms with Gasteiger partial charge in [-0.05, 0) is 12.1 Å². The molecule has 1 heterocycles. The largest absolute Gasteiger partial charge is 0.490 e. The minimum atomic E-state index is -4.81. The summed E-state index contributed by atoms with van der Waals surface area (Å²) in [5.41, 5.74) is -2.02. The molecule has 0 bridgehead atoms. The summed E-state index contributed by atoms with van der Waals surface area (Å²) >= 11 is 0. The molecule has 1 aromatic rings. The molecule has 8 heteroatoms. The fourth-order valence-electron chi connectivity index (χ4n) is 1.83. The number of hydrogen-bond acceptors (Lipinski definition) is 4. The van der Waals surface area contributed by atoms with Crippen LogP contribution in [0.3, 0.4) is 0 Å². The molecular weight excluding hydrogens is 281 g/mol. The van der Waals surface area contributed by atoms with Crippen molar-refractivity contribution in [2.75, 3.05) is 13.2 Å². The van der Waals surface area contributed by atoms with Gasteiger partial charge < -0.3 is 19.7 Å². The van der Waals surface area contributed by atoms with E-state index in [2.05, 4.69) is 0 Å². The molecule has 0 saturated heterocycles. The number of ether oxygens (including phenoxy) is 2. The SMILES string of the molecule is O=C(O)C(O)c1cc2c(cc1C(F)(F)F)OCCCO2. The molecule has 2 rings (SSSR count). The molecule has 1 unspecified atom stereocenters. The Morgan fingerprint density at radius 2 is 1.75 bits per heavy atom. The highest BCUT2D eigenvalue weighted by Crippen LogP contribution is 2.42. The lowest BCUT2D eigenvalue weighted by atomic mass is 10.0. The Kier molecular flexibility index (Phi) is 3.76. The first-order chi connectivity index (χ1) is 9.30. The van der Waals surface area contributed by atoms with Gasteiger partial charge in [0.1, 0.15) is 0 Å². The van der Waals surface area contributed by atoms with E-state index in [1.165, 1.54) is 0 Å². The topological polar surface area (TPSA) is 76.0 Å². The van der Waals surface area contributed by atoms with Crippen LogP contribution in [0.2, 0.25) is 0 Å². The first-order valence-corrected chi connectivity index (χ1v) is 5.72. The quantitative estimate of drug-likeness (QED) is 0.871. The van der Waals surface area contributed by atoms with E-state index in [9.17, 15) is 23.1 Å². The number of aliphatic hydroxyl groups is 1. The molecule has 1 aliphatic rings. The predicted molar refractivity (Wildman–Crippen MR) is 59.6 cm³/mol. The summed E-state index contributed by atoms with van der Waals surface area (Å²) in [6, 6.07) is 1.52. The Bertz CT molecular complexity index is 527. The van der Waals surface area contributed by atoms with E-state index >= 15 is 0 Å². The van der Waals surface area contributed by atoms with Gasteiger partial charge in [-0.3, -0.25) is 0 Å². The van der Waals surface area contributed by atoms with E-state index in [4.69, 9.17) is 14.6 Å². The molecule has 1 atom stereocenters. The van der Waals surface area contributed by atoms with Crippen molar-refractivity contribution < 1.29 is 37.7 Å². The van der Waals surface area contributed by atoms with Gasteiger partial charge in [-0.15, -0.1) is 0 Å². The van der Waals surface area contributed by atoms with Gasteiger partial charge in [-0.25, -0.2) is 4.79 Å². The van der Waals surface area contributed by atoms with E-state index in [-0.39, 0.29) is 24.7 Å². The number of carboxylic acids is 1. The summed E-state index contributed by atoms with van der Waals surface area (Å²) < 4.78 is 49.1. The minimum absolute atomic E-state index is 0.00852. The van der Waals surface area contributed by atoms with E-state index in [0.717, 1.165) is 6.07 Å². The summed E-state index contributed by atoms with van der Waals surface area (Å²) in [4.78, 5) is 10.7. The number of carbonyl (C=O) groups is 1.